The largest absolute Gasteiger partial charge is 0.351 e. The Balaban J connectivity index is 1.56. The monoisotopic (exact) mass is 468 g/mol. The number of carbonyl (C=O) groups is 1. The summed E-state index contributed by atoms with van der Waals surface area (Å²) in [4.78, 5) is 36.5. The lowest BCUT2D eigenvalue weighted by Gasteiger charge is -2.12. The van der Waals surface area contributed by atoms with Crippen LogP contribution in [0.15, 0.2) is 58.6 Å². The average molecular weight is 469 g/mol. The van der Waals surface area contributed by atoms with Gasteiger partial charge in [-0.3, -0.25) is 19.1 Å². The van der Waals surface area contributed by atoms with Gasteiger partial charge in [0.2, 0.25) is 5.91 Å². The molecule has 6 nitrogen and oxygen atoms in total. The summed E-state index contributed by atoms with van der Waals surface area (Å²) in [5, 5.41) is 3.91. The smallest absolute Gasteiger partial charge is 0.263 e. The van der Waals surface area contributed by atoms with Gasteiger partial charge in [-0.25, -0.2) is 9.37 Å². The number of amides is 1. The number of aromatic nitrogens is 3. The van der Waals surface area contributed by atoms with Gasteiger partial charge in [0.15, 0.2) is 5.16 Å². The molecule has 0 fully saturated rings. The lowest BCUT2D eigenvalue weighted by atomic mass is 10.2. The number of halogens is 1. The predicted molar refractivity (Wildman–Crippen MR) is 126 cm³/mol. The van der Waals surface area contributed by atoms with E-state index in [9.17, 15) is 14.0 Å². The first-order valence-corrected chi connectivity index (χ1v) is 11.8. The van der Waals surface area contributed by atoms with Crippen molar-refractivity contribution < 1.29 is 9.18 Å². The van der Waals surface area contributed by atoms with Crippen molar-refractivity contribution in [3.8, 4) is 0 Å². The average Bonchev–Trinajstić information content (AvgIpc) is 3.08. The number of nitrogens with zero attached hydrogens (tertiary/aromatic N) is 3. The third-order valence-corrected chi connectivity index (χ3v) is 7.11. The number of benzene rings is 1. The van der Waals surface area contributed by atoms with Crippen molar-refractivity contribution >= 4 is 39.2 Å². The number of rotatable bonds is 7. The molecule has 0 unspecified atom stereocenters. The van der Waals surface area contributed by atoms with Crippen LogP contribution in [0.5, 0.6) is 0 Å². The van der Waals surface area contributed by atoms with Crippen LogP contribution in [0.1, 0.15) is 21.7 Å². The van der Waals surface area contributed by atoms with Crippen LogP contribution in [0, 0.1) is 19.7 Å². The third kappa shape index (κ3) is 4.89. The van der Waals surface area contributed by atoms with E-state index < -0.39 is 0 Å². The SMILES string of the molecule is Cc1sc2nc(SCC(=O)NCc3ccc(F)cc3)n(Cc3ccccn3)c(=O)c2c1C. The highest BCUT2D eigenvalue weighted by Crippen LogP contribution is 2.28. The van der Waals surface area contributed by atoms with Gasteiger partial charge in [0, 0.05) is 17.6 Å². The Hall–Kier alpha value is -3.04. The molecule has 1 amide bonds. The van der Waals surface area contributed by atoms with E-state index in [1.165, 1.54) is 35.2 Å². The molecule has 32 heavy (non-hydrogen) atoms. The first-order chi connectivity index (χ1) is 15.4. The second-order valence-corrected chi connectivity index (χ2v) is 9.41. The standard InChI is InChI=1S/C23H21FN4O2S2/c1-14-15(2)32-21-20(14)22(30)28(12-18-5-3-4-10-25-18)23(27-21)31-13-19(29)26-11-16-6-8-17(24)9-7-16/h3-10H,11-13H2,1-2H3,(H,26,29). The fourth-order valence-electron chi connectivity index (χ4n) is 3.20. The van der Waals surface area contributed by atoms with Crippen LogP contribution in [-0.4, -0.2) is 26.2 Å². The van der Waals surface area contributed by atoms with Gasteiger partial charge >= 0.3 is 0 Å². The molecule has 1 aromatic carbocycles. The molecule has 0 bridgehead atoms. The van der Waals surface area contributed by atoms with Gasteiger partial charge in [-0.05, 0) is 49.2 Å². The molecule has 0 spiro atoms. The van der Waals surface area contributed by atoms with Gasteiger partial charge in [0.05, 0.1) is 23.4 Å². The molecule has 0 aliphatic carbocycles. The van der Waals surface area contributed by atoms with Crippen molar-refractivity contribution in [2.24, 2.45) is 0 Å². The van der Waals surface area contributed by atoms with Crippen LogP contribution in [0.4, 0.5) is 4.39 Å². The van der Waals surface area contributed by atoms with E-state index in [4.69, 9.17) is 4.98 Å². The minimum atomic E-state index is -0.318. The first-order valence-electron chi connectivity index (χ1n) is 9.96. The maximum Gasteiger partial charge on any atom is 0.263 e. The van der Waals surface area contributed by atoms with Crippen LogP contribution in [-0.2, 0) is 17.9 Å². The fourth-order valence-corrected chi connectivity index (χ4v) is 5.09. The highest BCUT2D eigenvalue weighted by molar-refractivity contribution is 7.99. The molecular formula is C23H21FN4O2S2. The van der Waals surface area contributed by atoms with Crippen molar-refractivity contribution in [1.29, 1.82) is 0 Å². The van der Waals surface area contributed by atoms with Crippen LogP contribution < -0.4 is 10.9 Å². The summed E-state index contributed by atoms with van der Waals surface area (Å²) >= 11 is 2.70. The summed E-state index contributed by atoms with van der Waals surface area (Å²) in [6, 6.07) is 11.5. The van der Waals surface area contributed by atoms with Crippen molar-refractivity contribution in [3.63, 3.8) is 0 Å². The van der Waals surface area contributed by atoms with Crippen molar-refractivity contribution in [3.05, 3.63) is 86.5 Å². The molecular weight excluding hydrogens is 447 g/mol. The normalized spacial score (nSPS) is 11.1. The fraction of sp³-hybridized carbons (Fsp3) is 0.217. The molecule has 0 aliphatic rings. The lowest BCUT2D eigenvalue weighted by molar-refractivity contribution is -0.118. The van der Waals surface area contributed by atoms with Gasteiger partial charge in [-0.15, -0.1) is 11.3 Å². The zero-order valence-electron chi connectivity index (χ0n) is 17.6. The van der Waals surface area contributed by atoms with Gasteiger partial charge in [0.1, 0.15) is 10.6 Å². The van der Waals surface area contributed by atoms with E-state index >= 15 is 0 Å². The molecule has 0 atom stereocenters. The Labute approximate surface area is 192 Å². The number of thioether (sulfide) groups is 1. The molecule has 3 aromatic heterocycles. The molecule has 3 heterocycles. The van der Waals surface area contributed by atoms with E-state index in [-0.39, 0.29) is 29.6 Å². The van der Waals surface area contributed by atoms with E-state index in [1.54, 1.807) is 22.9 Å². The zero-order valence-corrected chi connectivity index (χ0v) is 19.2. The number of carbonyl (C=O) groups excluding carboxylic acids is 1. The van der Waals surface area contributed by atoms with E-state index in [0.29, 0.717) is 21.9 Å². The summed E-state index contributed by atoms with van der Waals surface area (Å²) in [5.74, 6) is -0.413. The molecule has 0 radical (unpaired) electrons. The summed E-state index contributed by atoms with van der Waals surface area (Å²) in [5.41, 5.74) is 2.35. The highest BCUT2D eigenvalue weighted by atomic mass is 32.2. The highest BCUT2D eigenvalue weighted by Gasteiger charge is 2.18. The number of fused-ring (bicyclic) bond motifs is 1. The number of aryl methyl sites for hydroxylation is 2. The second-order valence-electron chi connectivity index (χ2n) is 7.26. The summed E-state index contributed by atoms with van der Waals surface area (Å²) in [6.45, 7) is 4.48. The number of nitrogens with one attached hydrogen (secondary N) is 1. The van der Waals surface area contributed by atoms with Crippen LogP contribution in [0.3, 0.4) is 0 Å². The number of hydrogen-bond acceptors (Lipinski definition) is 6. The van der Waals surface area contributed by atoms with Crippen molar-refractivity contribution in [2.75, 3.05) is 5.75 Å². The molecule has 0 saturated carbocycles. The first kappa shape index (κ1) is 22.2. The zero-order chi connectivity index (χ0) is 22.7. The Bertz CT molecular complexity index is 1320. The summed E-state index contributed by atoms with van der Waals surface area (Å²) in [6.07, 6.45) is 1.68. The van der Waals surface area contributed by atoms with Gasteiger partial charge in [-0.1, -0.05) is 30.0 Å². The molecule has 164 valence electrons. The molecule has 4 rings (SSSR count). The second kappa shape index (κ2) is 9.62. The molecule has 4 aromatic rings. The number of thiophene rings is 1. The van der Waals surface area contributed by atoms with Gasteiger partial charge in [0.25, 0.3) is 5.56 Å². The van der Waals surface area contributed by atoms with E-state index in [1.807, 2.05) is 32.0 Å². The van der Waals surface area contributed by atoms with Gasteiger partial charge in [-0.2, -0.15) is 0 Å². The molecule has 1 N–H and O–H groups in total. The number of pyridine rings is 1. The third-order valence-electron chi connectivity index (χ3n) is 5.04. The predicted octanol–water partition coefficient (Wildman–Crippen LogP) is 4.07. The molecule has 0 aliphatic heterocycles. The topological polar surface area (TPSA) is 76.9 Å². The van der Waals surface area contributed by atoms with Crippen LogP contribution >= 0.6 is 23.1 Å². The minimum Gasteiger partial charge on any atom is -0.351 e. The Morgan fingerprint density at radius 2 is 1.97 bits per heavy atom. The van der Waals surface area contributed by atoms with Crippen molar-refractivity contribution in [1.82, 2.24) is 19.9 Å². The lowest BCUT2D eigenvalue weighted by Crippen LogP contribution is -2.27. The summed E-state index contributed by atoms with van der Waals surface area (Å²) < 4.78 is 14.6. The molecule has 0 saturated heterocycles. The molecule has 9 heteroatoms. The maximum absolute atomic E-state index is 13.3. The Morgan fingerprint density at radius 1 is 1.19 bits per heavy atom. The quantitative estimate of drug-likeness (QED) is 0.327. The van der Waals surface area contributed by atoms with Crippen molar-refractivity contribution in [2.45, 2.75) is 32.1 Å². The van der Waals surface area contributed by atoms with E-state index in [2.05, 4.69) is 10.3 Å². The van der Waals surface area contributed by atoms with Gasteiger partial charge < -0.3 is 5.32 Å². The van der Waals surface area contributed by atoms with Crippen LogP contribution in [0.25, 0.3) is 10.2 Å². The minimum absolute atomic E-state index is 0.102. The summed E-state index contributed by atoms with van der Waals surface area (Å²) in [7, 11) is 0. The number of hydrogen-bond donors (Lipinski definition) is 1. The Morgan fingerprint density at radius 3 is 2.69 bits per heavy atom. The van der Waals surface area contributed by atoms with E-state index in [0.717, 1.165) is 21.7 Å². The maximum atomic E-state index is 13.3. The Kier molecular flexibility index (Phi) is 6.66. The van der Waals surface area contributed by atoms with Crippen LogP contribution in [0.2, 0.25) is 0 Å².